The van der Waals surface area contributed by atoms with Crippen LogP contribution in [0, 0.1) is 11.8 Å². The molecule has 1 heterocycles. The molecule has 3 rings (SSSR count). The summed E-state index contributed by atoms with van der Waals surface area (Å²) in [5, 5.41) is 14.6. The smallest absolute Gasteiger partial charge is 0.412 e. The van der Waals surface area contributed by atoms with Crippen LogP contribution in [-0.2, 0) is 11.3 Å². The third kappa shape index (κ3) is 8.98. The first-order valence-electron chi connectivity index (χ1n) is 13.0. The fourth-order valence-corrected chi connectivity index (χ4v) is 4.32. The lowest BCUT2D eigenvalue weighted by Crippen LogP contribution is -2.48. The molecular formula is C29H41N5O3. The Labute approximate surface area is 220 Å². The second kappa shape index (κ2) is 12.8. The molecule has 8 nitrogen and oxygen atoms in total. The number of pyridine rings is 1. The number of nitrogens with one attached hydrogen (secondary N) is 2. The zero-order valence-corrected chi connectivity index (χ0v) is 22.9. The van der Waals surface area contributed by atoms with Gasteiger partial charge in [-0.2, -0.15) is 5.17 Å². The molecule has 1 aromatic heterocycles. The maximum absolute atomic E-state index is 12.4. The van der Waals surface area contributed by atoms with Crippen LogP contribution in [0.15, 0.2) is 53.8 Å². The molecule has 1 aliphatic carbocycles. The average molecular weight is 508 g/mol. The van der Waals surface area contributed by atoms with Crippen molar-refractivity contribution in [1.82, 2.24) is 10.4 Å². The maximum Gasteiger partial charge on any atom is 0.412 e. The highest BCUT2D eigenvalue weighted by molar-refractivity contribution is 5.88. The fourth-order valence-electron chi connectivity index (χ4n) is 4.32. The maximum atomic E-state index is 12.4. The van der Waals surface area contributed by atoms with Gasteiger partial charge < -0.3 is 4.74 Å². The highest BCUT2D eigenvalue weighted by atomic mass is 16.5. The number of rotatable bonds is 8. The quantitative estimate of drug-likeness (QED) is 0.263. The lowest BCUT2D eigenvalue weighted by atomic mass is 9.81. The number of hydrogen-bond donors (Lipinski definition) is 3. The van der Waals surface area contributed by atoms with Crippen LogP contribution in [0.4, 0.5) is 16.2 Å². The Morgan fingerprint density at radius 3 is 2.57 bits per heavy atom. The number of carbonyl (C=O) groups is 1. The molecule has 0 bridgehead atoms. The van der Waals surface area contributed by atoms with Gasteiger partial charge in [-0.25, -0.2) is 10.2 Å². The van der Waals surface area contributed by atoms with Gasteiger partial charge in [-0.15, -0.1) is 0 Å². The lowest BCUT2D eigenvalue weighted by molar-refractivity contribution is 0.153. The van der Waals surface area contributed by atoms with E-state index in [0.29, 0.717) is 23.0 Å². The van der Waals surface area contributed by atoms with E-state index in [4.69, 9.17) is 9.73 Å². The third-order valence-electron chi connectivity index (χ3n) is 6.48. The van der Waals surface area contributed by atoms with Gasteiger partial charge >= 0.3 is 6.09 Å². The standard InChI is InChI=1S/C29H41N5O3/c1-20-10-12-23(13-11-20)22(3)31-18-21(2)26-15-14-24(17-27(26)34(36)33-29(4,5)6)32-28(35)37-19-25-9-7-8-16-30-25/h7-9,14-18,20,23,33,36H,10-13,19H2,1-6H3,(H,32,35)/b21-18+,31-22?. The van der Waals surface area contributed by atoms with Crippen molar-refractivity contribution in [2.45, 2.75) is 79.4 Å². The van der Waals surface area contributed by atoms with Crippen LogP contribution in [0.1, 0.15) is 78.5 Å². The first-order valence-corrected chi connectivity index (χ1v) is 13.0. The number of hydrazine groups is 1. The largest absolute Gasteiger partial charge is 0.443 e. The summed E-state index contributed by atoms with van der Waals surface area (Å²) in [4.78, 5) is 21.3. The van der Waals surface area contributed by atoms with Crippen molar-refractivity contribution >= 4 is 28.8 Å². The van der Waals surface area contributed by atoms with E-state index in [1.807, 2.05) is 46.0 Å². The van der Waals surface area contributed by atoms with Crippen molar-refractivity contribution in [3.63, 3.8) is 0 Å². The summed E-state index contributed by atoms with van der Waals surface area (Å²) in [7, 11) is 0. The van der Waals surface area contributed by atoms with Crippen molar-refractivity contribution in [2.75, 3.05) is 10.5 Å². The summed E-state index contributed by atoms with van der Waals surface area (Å²) < 4.78 is 5.29. The second-order valence-electron chi connectivity index (χ2n) is 11.0. The van der Waals surface area contributed by atoms with Gasteiger partial charge in [0.1, 0.15) is 6.61 Å². The number of ether oxygens (including phenoxy) is 1. The van der Waals surface area contributed by atoms with Crippen molar-refractivity contribution in [2.24, 2.45) is 16.8 Å². The SMILES string of the molecule is CC(=N/C=C(\C)c1ccc(NC(=O)OCc2ccccn2)cc1N(O)NC(C)(C)C)C1CCC(C)CC1. The summed E-state index contributed by atoms with van der Waals surface area (Å²) >= 11 is 0. The van der Waals surface area contributed by atoms with Gasteiger partial charge in [0, 0.05) is 34.9 Å². The number of carbonyl (C=O) groups excluding carboxylic acids is 1. The number of aromatic nitrogens is 1. The molecule has 0 unspecified atom stereocenters. The molecule has 2 aromatic rings. The summed E-state index contributed by atoms with van der Waals surface area (Å²) in [6, 6.07) is 10.8. The Morgan fingerprint density at radius 2 is 1.92 bits per heavy atom. The number of allylic oxidation sites excluding steroid dienone is 1. The van der Waals surface area contributed by atoms with E-state index in [1.165, 1.54) is 25.7 Å². The van der Waals surface area contributed by atoms with E-state index in [-0.39, 0.29) is 12.1 Å². The first kappa shape index (κ1) is 28.3. The van der Waals surface area contributed by atoms with E-state index in [1.54, 1.807) is 30.5 Å². The van der Waals surface area contributed by atoms with Gasteiger partial charge in [-0.05, 0) is 89.1 Å². The molecule has 3 N–H and O–H groups in total. The Hall–Kier alpha value is -3.23. The zero-order valence-electron chi connectivity index (χ0n) is 22.9. The van der Waals surface area contributed by atoms with Gasteiger partial charge in [0.15, 0.2) is 0 Å². The van der Waals surface area contributed by atoms with E-state index in [2.05, 4.69) is 29.6 Å². The van der Waals surface area contributed by atoms with Crippen LogP contribution in [-0.4, -0.2) is 27.5 Å². The highest BCUT2D eigenvalue weighted by Gasteiger charge is 2.21. The second-order valence-corrected chi connectivity index (χ2v) is 11.0. The van der Waals surface area contributed by atoms with Crippen LogP contribution in [0.3, 0.4) is 0 Å². The highest BCUT2D eigenvalue weighted by Crippen LogP contribution is 2.31. The first-order chi connectivity index (χ1) is 17.5. The molecule has 0 atom stereocenters. The minimum atomic E-state index is -0.605. The Kier molecular flexibility index (Phi) is 9.83. The van der Waals surface area contributed by atoms with Crippen LogP contribution >= 0.6 is 0 Å². The van der Waals surface area contributed by atoms with Crippen molar-refractivity contribution in [3.8, 4) is 0 Å². The predicted octanol–water partition coefficient (Wildman–Crippen LogP) is 6.98. The Balaban J connectivity index is 1.79. The zero-order chi connectivity index (χ0) is 27.0. The number of hydrogen-bond acceptors (Lipinski definition) is 7. The molecule has 1 aliphatic rings. The van der Waals surface area contributed by atoms with E-state index in [0.717, 1.165) is 27.9 Å². The van der Waals surface area contributed by atoms with Gasteiger partial charge in [0.05, 0.1) is 11.4 Å². The molecule has 1 fully saturated rings. The van der Waals surface area contributed by atoms with Gasteiger partial charge in [-0.3, -0.25) is 20.5 Å². The van der Waals surface area contributed by atoms with Gasteiger partial charge in [-0.1, -0.05) is 31.9 Å². The topological polar surface area (TPSA) is 99.1 Å². The van der Waals surface area contributed by atoms with Crippen LogP contribution in [0.25, 0.3) is 5.57 Å². The number of anilines is 2. The minimum absolute atomic E-state index is 0.0639. The average Bonchev–Trinajstić information content (AvgIpc) is 2.86. The number of amides is 1. The number of aliphatic imine (C=N–C) groups is 1. The Morgan fingerprint density at radius 1 is 1.19 bits per heavy atom. The summed E-state index contributed by atoms with van der Waals surface area (Å²) in [6.07, 6.45) is 7.79. The summed E-state index contributed by atoms with van der Waals surface area (Å²) in [5.41, 5.74) is 7.14. The van der Waals surface area contributed by atoms with Crippen molar-refractivity contribution in [3.05, 3.63) is 60.1 Å². The number of benzene rings is 1. The minimum Gasteiger partial charge on any atom is -0.443 e. The van der Waals surface area contributed by atoms with E-state index < -0.39 is 6.09 Å². The van der Waals surface area contributed by atoms with Crippen LogP contribution in [0.2, 0.25) is 0 Å². The lowest BCUT2D eigenvalue weighted by Gasteiger charge is -2.29. The third-order valence-corrected chi connectivity index (χ3v) is 6.48. The molecule has 200 valence electrons. The number of nitrogens with zero attached hydrogens (tertiary/aromatic N) is 3. The molecule has 0 radical (unpaired) electrons. The molecule has 0 aliphatic heterocycles. The fraction of sp³-hybridized carbons (Fsp3) is 0.483. The molecule has 37 heavy (non-hydrogen) atoms. The molecule has 1 amide bonds. The monoisotopic (exact) mass is 507 g/mol. The van der Waals surface area contributed by atoms with Crippen LogP contribution < -0.4 is 15.9 Å². The molecule has 0 saturated heterocycles. The molecular weight excluding hydrogens is 466 g/mol. The molecule has 0 spiro atoms. The molecule has 8 heteroatoms. The van der Waals surface area contributed by atoms with Crippen molar-refractivity contribution in [1.29, 1.82) is 0 Å². The summed E-state index contributed by atoms with van der Waals surface area (Å²) in [5.74, 6) is 1.33. The van der Waals surface area contributed by atoms with E-state index >= 15 is 0 Å². The predicted molar refractivity (Wildman–Crippen MR) is 150 cm³/mol. The Bertz CT molecular complexity index is 1100. The van der Waals surface area contributed by atoms with Crippen molar-refractivity contribution < 1.29 is 14.7 Å². The van der Waals surface area contributed by atoms with E-state index in [9.17, 15) is 10.0 Å². The molecule has 1 saturated carbocycles. The van der Waals surface area contributed by atoms with Gasteiger partial charge in [0.25, 0.3) is 0 Å². The normalized spacial score (nSPS) is 18.9. The summed E-state index contributed by atoms with van der Waals surface area (Å²) in [6.45, 7) is 12.3. The molecule has 1 aromatic carbocycles. The van der Waals surface area contributed by atoms with Gasteiger partial charge in [0.2, 0.25) is 0 Å². The van der Waals surface area contributed by atoms with Crippen LogP contribution in [0.5, 0.6) is 0 Å².